The van der Waals surface area contributed by atoms with Crippen LogP contribution in [0.4, 0.5) is 16.2 Å². The summed E-state index contributed by atoms with van der Waals surface area (Å²) in [5, 5.41) is 21.7. The van der Waals surface area contributed by atoms with Crippen LogP contribution in [-0.2, 0) is 4.74 Å². The first-order valence-electron chi connectivity index (χ1n) is 13.6. The standard InChI is InChI=1S/C31H34ClN3O5/c1-40-30(37)23-4-8-25(9-5-23)33-14-12-22(13-15-33)29(36)28-20-26(34-16-18-35(19-17-34)31(38)39)10-11-27(28)21-2-6-24(32)7-3-21/h2-11,20,22,29,36H,12-19H2,1H3,(H,38,39)/t29-/m1/s1. The van der Waals surface area contributed by atoms with E-state index in [1.54, 1.807) is 12.1 Å². The highest BCUT2D eigenvalue weighted by molar-refractivity contribution is 6.30. The second kappa shape index (κ2) is 12.2. The molecule has 0 aromatic heterocycles. The number of carboxylic acid groups (broad SMARTS) is 1. The van der Waals surface area contributed by atoms with Gasteiger partial charge in [0.25, 0.3) is 0 Å². The number of hydrogen-bond acceptors (Lipinski definition) is 6. The molecule has 2 saturated heterocycles. The van der Waals surface area contributed by atoms with Gasteiger partial charge in [-0.1, -0.05) is 29.8 Å². The molecule has 3 aromatic carbocycles. The Balaban J connectivity index is 1.34. The van der Waals surface area contributed by atoms with Gasteiger partial charge >= 0.3 is 12.1 Å². The lowest BCUT2D eigenvalue weighted by Gasteiger charge is -2.37. The van der Waals surface area contributed by atoms with Crippen molar-refractivity contribution in [3.63, 3.8) is 0 Å². The zero-order chi connectivity index (χ0) is 28.2. The summed E-state index contributed by atoms with van der Waals surface area (Å²) in [6, 6.07) is 21.3. The predicted molar refractivity (Wildman–Crippen MR) is 156 cm³/mol. The van der Waals surface area contributed by atoms with Crippen molar-refractivity contribution in [3.05, 3.63) is 82.9 Å². The summed E-state index contributed by atoms with van der Waals surface area (Å²) < 4.78 is 4.80. The molecule has 5 rings (SSSR count). The average molecular weight is 564 g/mol. The van der Waals surface area contributed by atoms with Crippen molar-refractivity contribution in [2.75, 3.05) is 56.2 Å². The molecule has 1 amide bonds. The summed E-state index contributed by atoms with van der Waals surface area (Å²) in [5.41, 5.74) is 5.39. The number of carbonyl (C=O) groups is 2. The monoisotopic (exact) mass is 563 g/mol. The molecule has 9 heteroatoms. The van der Waals surface area contributed by atoms with Crippen LogP contribution in [0.1, 0.15) is 34.9 Å². The Morgan fingerprint density at radius 2 is 1.45 bits per heavy atom. The molecule has 1 atom stereocenters. The number of aliphatic hydroxyl groups excluding tert-OH is 1. The van der Waals surface area contributed by atoms with E-state index in [2.05, 4.69) is 28.0 Å². The minimum absolute atomic E-state index is 0.0794. The maximum atomic E-state index is 11.8. The van der Waals surface area contributed by atoms with Gasteiger partial charge in [0, 0.05) is 55.7 Å². The fourth-order valence-electron chi connectivity index (χ4n) is 5.69. The lowest BCUT2D eigenvalue weighted by molar-refractivity contribution is 0.0600. The van der Waals surface area contributed by atoms with Crippen molar-refractivity contribution in [2.45, 2.75) is 18.9 Å². The van der Waals surface area contributed by atoms with Crippen LogP contribution < -0.4 is 9.80 Å². The van der Waals surface area contributed by atoms with Gasteiger partial charge < -0.3 is 29.6 Å². The number of aliphatic hydroxyl groups is 1. The van der Waals surface area contributed by atoms with E-state index in [1.807, 2.05) is 36.4 Å². The molecule has 2 heterocycles. The normalized spacial score (nSPS) is 17.0. The molecular weight excluding hydrogens is 530 g/mol. The molecule has 3 aromatic rings. The summed E-state index contributed by atoms with van der Waals surface area (Å²) in [6.45, 7) is 3.71. The number of nitrogens with zero attached hydrogens (tertiary/aromatic N) is 3. The second-order valence-electron chi connectivity index (χ2n) is 10.3. The Kier molecular flexibility index (Phi) is 8.47. The first-order valence-corrected chi connectivity index (χ1v) is 14.0. The molecule has 0 aliphatic carbocycles. The largest absolute Gasteiger partial charge is 0.465 e. The second-order valence-corrected chi connectivity index (χ2v) is 10.8. The highest BCUT2D eigenvalue weighted by Crippen LogP contribution is 2.39. The Morgan fingerprint density at radius 1 is 0.850 bits per heavy atom. The summed E-state index contributed by atoms with van der Waals surface area (Å²) in [5.74, 6) is -0.272. The van der Waals surface area contributed by atoms with Gasteiger partial charge in [0.05, 0.1) is 18.8 Å². The summed E-state index contributed by atoms with van der Waals surface area (Å²) in [4.78, 5) is 29.0. The Labute approximate surface area is 239 Å². The molecule has 0 radical (unpaired) electrons. The summed E-state index contributed by atoms with van der Waals surface area (Å²) in [6.07, 6.45) is 0.0950. The van der Waals surface area contributed by atoms with Gasteiger partial charge in [0.1, 0.15) is 0 Å². The number of anilines is 2. The van der Waals surface area contributed by atoms with Crippen LogP contribution >= 0.6 is 11.6 Å². The van der Waals surface area contributed by atoms with E-state index in [0.717, 1.165) is 54.0 Å². The zero-order valence-electron chi connectivity index (χ0n) is 22.5. The fraction of sp³-hybridized carbons (Fsp3) is 0.355. The van der Waals surface area contributed by atoms with E-state index in [0.29, 0.717) is 36.8 Å². The topological polar surface area (TPSA) is 93.5 Å². The quantitative estimate of drug-likeness (QED) is 0.380. The van der Waals surface area contributed by atoms with Gasteiger partial charge in [-0.15, -0.1) is 0 Å². The maximum absolute atomic E-state index is 11.8. The SMILES string of the molecule is COC(=O)c1ccc(N2CCC([C@@H](O)c3cc(N4CCN(C(=O)O)CC4)ccc3-c3ccc(Cl)cc3)CC2)cc1. The third-order valence-electron chi connectivity index (χ3n) is 8.06. The number of halogens is 1. The number of methoxy groups -OCH3 is 1. The Hall–Kier alpha value is -3.75. The number of carbonyl (C=O) groups excluding carboxylic acids is 1. The first-order chi connectivity index (χ1) is 19.3. The van der Waals surface area contributed by atoms with Crippen LogP contribution in [0, 0.1) is 5.92 Å². The Bertz CT molecular complexity index is 1330. The molecule has 210 valence electrons. The zero-order valence-corrected chi connectivity index (χ0v) is 23.3. The van der Waals surface area contributed by atoms with Crippen LogP contribution in [0.2, 0.25) is 5.02 Å². The molecule has 2 N–H and O–H groups in total. The number of rotatable bonds is 6. The van der Waals surface area contributed by atoms with E-state index in [4.69, 9.17) is 16.3 Å². The molecule has 0 bridgehead atoms. The van der Waals surface area contributed by atoms with Gasteiger partial charge in [-0.2, -0.15) is 0 Å². The highest BCUT2D eigenvalue weighted by atomic mass is 35.5. The van der Waals surface area contributed by atoms with Crippen molar-refractivity contribution in [3.8, 4) is 11.1 Å². The average Bonchev–Trinajstić information content (AvgIpc) is 3.00. The number of piperazine rings is 1. The fourth-order valence-corrected chi connectivity index (χ4v) is 5.82. The van der Waals surface area contributed by atoms with Gasteiger partial charge in [-0.3, -0.25) is 0 Å². The van der Waals surface area contributed by atoms with Crippen LogP contribution in [0.5, 0.6) is 0 Å². The molecule has 2 aliphatic heterocycles. The van der Waals surface area contributed by atoms with E-state index in [1.165, 1.54) is 12.0 Å². The van der Waals surface area contributed by atoms with Crippen molar-refractivity contribution >= 4 is 35.0 Å². The van der Waals surface area contributed by atoms with Crippen molar-refractivity contribution in [1.82, 2.24) is 4.90 Å². The van der Waals surface area contributed by atoms with E-state index in [-0.39, 0.29) is 11.9 Å². The molecular formula is C31H34ClN3O5. The molecule has 2 fully saturated rings. The van der Waals surface area contributed by atoms with Crippen molar-refractivity contribution in [1.29, 1.82) is 0 Å². The van der Waals surface area contributed by atoms with E-state index in [9.17, 15) is 19.8 Å². The van der Waals surface area contributed by atoms with Crippen molar-refractivity contribution in [2.24, 2.45) is 5.92 Å². The van der Waals surface area contributed by atoms with Gasteiger partial charge in [-0.05, 0) is 84.0 Å². The van der Waals surface area contributed by atoms with Gasteiger partial charge in [0.15, 0.2) is 0 Å². The van der Waals surface area contributed by atoms with Crippen LogP contribution in [-0.4, -0.2) is 73.6 Å². The van der Waals surface area contributed by atoms with Crippen LogP contribution in [0.15, 0.2) is 66.7 Å². The number of hydrogen-bond donors (Lipinski definition) is 2. The summed E-state index contributed by atoms with van der Waals surface area (Å²) in [7, 11) is 1.37. The van der Waals surface area contributed by atoms with Crippen LogP contribution in [0.25, 0.3) is 11.1 Å². The predicted octanol–water partition coefficient (Wildman–Crippen LogP) is 5.54. The number of amides is 1. The van der Waals surface area contributed by atoms with Crippen molar-refractivity contribution < 1.29 is 24.5 Å². The highest BCUT2D eigenvalue weighted by Gasteiger charge is 2.29. The third-order valence-corrected chi connectivity index (χ3v) is 8.32. The number of esters is 1. The van der Waals surface area contributed by atoms with Gasteiger partial charge in [0.2, 0.25) is 0 Å². The molecule has 40 heavy (non-hydrogen) atoms. The number of piperidine rings is 1. The minimum Gasteiger partial charge on any atom is -0.465 e. The van der Waals surface area contributed by atoms with E-state index < -0.39 is 12.2 Å². The molecule has 0 unspecified atom stereocenters. The smallest absolute Gasteiger partial charge is 0.407 e. The summed E-state index contributed by atoms with van der Waals surface area (Å²) >= 11 is 6.15. The lowest BCUT2D eigenvalue weighted by Crippen LogP contribution is -2.48. The van der Waals surface area contributed by atoms with Crippen LogP contribution in [0.3, 0.4) is 0 Å². The molecule has 2 aliphatic rings. The number of ether oxygens (including phenoxy) is 1. The molecule has 0 spiro atoms. The Morgan fingerprint density at radius 3 is 2.05 bits per heavy atom. The third kappa shape index (κ3) is 6.03. The first kappa shape index (κ1) is 27.8. The molecule has 8 nitrogen and oxygen atoms in total. The minimum atomic E-state index is -0.889. The van der Waals surface area contributed by atoms with Gasteiger partial charge in [-0.25, -0.2) is 9.59 Å². The lowest BCUT2D eigenvalue weighted by atomic mass is 9.84. The number of benzene rings is 3. The maximum Gasteiger partial charge on any atom is 0.407 e. The molecule has 0 saturated carbocycles. The van der Waals surface area contributed by atoms with E-state index >= 15 is 0 Å².